The van der Waals surface area contributed by atoms with Gasteiger partial charge in [-0.15, -0.1) is 24.8 Å². The van der Waals surface area contributed by atoms with E-state index < -0.39 is 0 Å². The van der Waals surface area contributed by atoms with Crippen LogP contribution < -0.4 is 10.6 Å². The predicted octanol–water partition coefficient (Wildman–Crippen LogP) is 2.57. The van der Waals surface area contributed by atoms with Gasteiger partial charge in [-0.1, -0.05) is 0 Å². The Balaban J connectivity index is 0.00000150. The molecule has 7 nitrogen and oxygen atoms in total. The van der Waals surface area contributed by atoms with Crippen molar-refractivity contribution in [1.29, 1.82) is 0 Å². The van der Waals surface area contributed by atoms with Crippen LogP contribution in [0, 0.1) is 5.82 Å². The van der Waals surface area contributed by atoms with Crippen LogP contribution in [0.15, 0.2) is 30.5 Å². The van der Waals surface area contributed by atoms with E-state index in [9.17, 15) is 9.18 Å². The first-order chi connectivity index (χ1) is 13.2. The number of aromatic nitrogens is 4. The lowest BCUT2D eigenvalue weighted by Crippen LogP contribution is -2.30. The molecule has 158 valence electrons. The molecule has 4 rings (SSSR count). The standard InChI is InChI=1S/C19H23FN6O.2ClH/c20-14-3-4-16-17(10-14)24-18(23-16)5-8-22-19(27)12-26-9-6-15(25-26)13-2-1-7-21-11-13;;/h3-4,6,9-10,13,21H,1-2,5,7-8,11-12H2,(H,22,27)(H,23,24);2*1H. The van der Waals surface area contributed by atoms with Gasteiger partial charge in [-0.25, -0.2) is 9.37 Å². The Hall–Kier alpha value is -2.16. The van der Waals surface area contributed by atoms with Gasteiger partial charge in [0.05, 0.1) is 16.7 Å². The summed E-state index contributed by atoms with van der Waals surface area (Å²) in [6, 6.07) is 6.44. The summed E-state index contributed by atoms with van der Waals surface area (Å²) in [5.74, 6) is 0.769. The van der Waals surface area contributed by atoms with Crippen molar-refractivity contribution in [2.24, 2.45) is 0 Å². The highest BCUT2D eigenvalue weighted by Gasteiger charge is 2.17. The summed E-state index contributed by atoms with van der Waals surface area (Å²) >= 11 is 0. The fourth-order valence-corrected chi connectivity index (χ4v) is 3.46. The highest BCUT2D eigenvalue weighted by molar-refractivity contribution is 5.85. The molecule has 2 aromatic heterocycles. The first kappa shape index (κ1) is 23.1. The molecule has 1 aromatic carbocycles. The number of hydrogen-bond acceptors (Lipinski definition) is 4. The predicted molar refractivity (Wildman–Crippen MR) is 114 cm³/mol. The number of aromatic amines is 1. The molecule has 0 radical (unpaired) electrons. The molecule has 3 N–H and O–H groups in total. The zero-order chi connectivity index (χ0) is 18.6. The van der Waals surface area contributed by atoms with E-state index in [-0.39, 0.29) is 43.1 Å². The van der Waals surface area contributed by atoms with Gasteiger partial charge < -0.3 is 15.6 Å². The van der Waals surface area contributed by atoms with Gasteiger partial charge in [-0.05, 0) is 43.7 Å². The van der Waals surface area contributed by atoms with E-state index in [2.05, 4.69) is 25.7 Å². The summed E-state index contributed by atoms with van der Waals surface area (Å²) in [5.41, 5.74) is 2.43. The van der Waals surface area contributed by atoms with E-state index >= 15 is 0 Å². The maximum Gasteiger partial charge on any atom is 0.241 e. The van der Waals surface area contributed by atoms with Crippen molar-refractivity contribution in [3.05, 3.63) is 47.8 Å². The molecule has 1 saturated heterocycles. The number of hydrogen-bond donors (Lipinski definition) is 3. The Morgan fingerprint density at radius 1 is 1.31 bits per heavy atom. The summed E-state index contributed by atoms with van der Waals surface area (Å²) in [7, 11) is 0. The average molecular weight is 443 g/mol. The fourth-order valence-electron chi connectivity index (χ4n) is 3.46. The summed E-state index contributed by atoms with van der Waals surface area (Å²) in [5, 5.41) is 10.8. The van der Waals surface area contributed by atoms with E-state index in [4.69, 9.17) is 0 Å². The van der Waals surface area contributed by atoms with Crippen LogP contribution in [0.2, 0.25) is 0 Å². The normalized spacial score (nSPS) is 16.1. The van der Waals surface area contributed by atoms with Crippen molar-refractivity contribution in [2.45, 2.75) is 31.7 Å². The molecule has 3 aromatic rings. The van der Waals surface area contributed by atoms with Crippen LogP contribution >= 0.6 is 24.8 Å². The Labute approximate surface area is 180 Å². The van der Waals surface area contributed by atoms with Crippen LogP contribution in [0.4, 0.5) is 4.39 Å². The third-order valence-corrected chi connectivity index (χ3v) is 4.86. The number of rotatable bonds is 6. The molecule has 3 heterocycles. The van der Waals surface area contributed by atoms with Gasteiger partial charge in [0.2, 0.25) is 5.91 Å². The van der Waals surface area contributed by atoms with Crippen LogP contribution in [0.3, 0.4) is 0 Å². The van der Waals surface area contributed by atoms with E-state index in [1.165, 1.54) is 12.1 Å². The Bertz CT molecular complexity index is 938. The smallest absolute Gasteiger partial charge is 0.241 e. The summed E-state index contributed by atoms with van der Waals surface area (Å²) in [6.45, 7) is 2.68. The maximum atomic E-state index is 13.2. The van der Waals surface area contributed by atoms with Gasteiger partial charge in [0.25, 0.3) is 0 Å². The van der Waals surface area contributed by atoms with Crippen molar-refractivity contribution in [3.8, 4) is 0 Å². The van der Waals surface area contributed by atoms with E-state index in [0.29, 0.717) is 24.4 Å². The van der Waals surface area contributed by atoms with Crippen LogP contribution in [0.25, 0.3) is 11.0 Å². The monoisotopic (exact) mass is 442 g/mol. The molecule has 1 amide bonds. The summed E-state index contributed by atoms with van der Waals surface area (Å²) in [6.07, 6.45) is 4.71. The third-order valence-electron chi connectivity index (χ3n) is 4.86. The minimum Gasteiger partial charge on any atom is -0.354 e. The molecule has 1 fully saturated rings. The maximum absolute atomic E-state index is 13.2. The molecule has 0 aliphatic carbocycles. The van der Waals surface area contributed by atoms with Gasteiger partial charge in [-0.3, -0.25) is 9.48 Å². The SMILES string of the molecule is Cl.Cl.O=C(Cn1ccc(C2CCCNC2)n1)NCCc1nc2ccc(F)cc2[nH]1. The average Bonchev–Trinajstić information content (AvgIpc) is 3.28. The third kappa shape index (κ3) is 5.91. The van der Waals surface area contributed by atoms with Crippen molar-refractivity contribution in [3.63, 3.8) is 0 Å². The van der Waals surface area contributed by atoms with Crippen molar-refractivity contribution < 1.29 is 9.18 Å². The van der Waals surface area contributed by atoms with Gasteiger partial charge in [0.1, 0.15) is 18.2 Å². The molecule has 10 heteroatoms. The van der Waals surface area contributed by atoms with Gasteiger partial charge in [0.15, 0.2) is 0 Å². The molecule has 0 saturated carbocycles. The minimum atomic E-state index is -0.298. The van der Waals surface area contributed by atoms with E-state index in [1.54, 1.807) is 10.7 Å². The van der Waals surface area contributed by atoms with Gasteiger partial charge >= 0.3 is 0 Å². The molecular formula is C19H25Cl2FN6O. The lowest BCUT2D eigenvalue weighted by molar-refractivity contribution is -0.121. The van der Waals surface area contributed by atoms with Crippen molar-refractivity contribution >= 4 is 41.8 Å². The Kier molecular flexibility index (Phi) is 8.43. The van der Waals surface area contributed by atoms with Crippen molar-refractivity contribution in [1.82, 2.24) is 30.4 Å². The molecule has 0 spiro atoms. The topological polar surface area (TPSA) is 87.6 Å². The molecule has 1 aliphatic heterocycles. The first-order valence-electron chi connectivity index (χ1n) is 9.32. The number of nitrogens with one attached hydrogen (secondary N) is 3. The lowest BCUT2D eigenvalue weighted by atomic mass is 9.97. The van der Waals surface area contributed by atoms with Crippen LogP contribution in [-0.4, -0.2) is 45.3 Å². The van der Waals surface area contributed by atoms with Gasteiger partial charge in [-0.2, -0.15) is 5.10 Å². The van der Waals surface area contributed by atoms with Crippen molar-refractivity contribution in [2.75, 3.05) is 19.6 Å². The quantitative estimate of drug-likeness (QED) is 0.547. The van der Waals surface area contributed by atoms with Crippen LogP contribution in [0.5, 0.6) is 0 Å². The molecule has 1 unspecified atom stereocenters. The second-order valence-electron chi connectivity index (χ2n) is 6.93. The molecule has 0 bridgehead atoms. The molecule has 1 atom stereocenters. The number of H-pyrrole nitrogens is 1. The number of carbonyl (C=O) groups is 1. The van der Waals surface area contributed by atoms with Crippen LogP contribution in [0.1, 0.15) is 30.3 Å². The zero-order valence-electron chi connectivity index (χ0n) is 15.9. The molecule has 29 heavy (non-hydrogen) atoms. The number of benzene rings is 1. The first-order valence-corrected chi connectivity index (χ1v) is 9.32. The minimum absolute atomic E-state index is 0. The number of fused-ring (bicyclic) bond motifs is 1. The summed E-state index contributed by atoms with van der Waals surface area (Å²) in [4.78, 5) is 19.6. The number of piperidine rings is 1. The van der Waals surface area contributed by atoms with Gasteiger partial charge in [0, 0.05) is 31.6 Å². The summed E-state index contributed by atoms with van der Waals surface area (Å²) < 4.78 is 14.9. The largest absolute Gasteiger partial charge is 0.354 e. The van der Waals surface area contributed by atoms with E-state index in [1.807, 2.05) is 12.3 Å². The lowest BCUT2D eigenvalue weighted by Gasteiger charge is -2.20. The fraction of sp³-hybridized carbons (Fsp3) is 0.421. The Morgan fingerprint density at radius 3 is 2.97 bits per heavy atom. The second-order valence-corrected chi connectivity index (χ2v) is 6.93. The Morgan fingerprint density at radius 2 is 2.17 bits per heavy atom. The molecular weight excluding hydrogens is 418 g/mol. The molecule has 1 aliphatic rings. The van der Waals surface area contributed by atoms with Crippen LogP contribution in [-0.2, 0) is 17.8 Å². The second kappa shape index (κ2) is 10.6. The van der Waals surface area contributed by atoms with E-state index in [0.717, 1.165) is 43.0 Å². The number of nitrogens with zero attached hydrogens (tertiary/aromatic N) is 3. The highest BCUT2D eigenvalue weighted by atomic mass is 35.5. The number of halogens is 3. The highest BCUT2D eigenvalue weighted by Crippen LogP contribution is 2.21. The number of carbonyl (C=O) groups excluding carboxylic acids is 1. The zero-order valence-corrected chi connectivity index (χ0v) is 17.5. The number of imidazole rings is 1. The number of amides is 1.